The molecule has 0 radical (unpaired) electrons. The minimum absolute atomic E-state index is 0.0618. The van der Waals surface area contributed by atoms with E-state index < -0.39 is 9.84 Å². The van der Waals surface area contributed by atoms with Gasteiger partial charge in [-0.1, -0.05) is 0 Å². The highest BCUT2D eigenvalue weighted by Gasteiger charge is 2.25. The van der Waals surface area contributed by atoms with Crippen molar-refractivity contribution in [1.29, 1.82) is 0 Å². The van der Waals surface area contributed by atoms with Gasteiger partial charge in [-0.2, -0.15) is 0 Å². The van der Waals surface area contributed by atoms with Gasteiger partial charge in [0.2, 0.25) is 5.88 Å². The first-order valence-corrected chi connectivity index (χ1v) is 6.83. The van der Waals surface area contributed by atoms with Crippen molar-refractivity contribution in [2.75, 3.05) is 12.9 Å². The minimum Gasteiger partial charge on any atom is -0.481 e. The molecule has 6 heteroatoms. The molecule has 0 saturated carbocycles. The smallest absolute Gasteiger partial charge is 0.217 e. The van der Waals surface area contributed by atoms with Crippen LogP contribution in [0.15, 0.2) is 6.20 Å². The summed E-state index contributed by atoms with van der Waals surface area (Å²) < 4.78 is 28.1. The third-order valence-corrected chi connectivity index (χ3v) is 4.36. The van der Waals surface area contributed by atoms with E-state index in [2.05, 4.69) is 4.98 Å². The first kappa shape index (κ1) is 11.3. The number of nitrogens with zero attached hydrogens (tertiary/aromatic N) is 1. The van der Waals surface area contributed by atoms with Crippen LogP contribution in [0, 0.1) is 0 Å². The highest BCUT2D eigenvalue weighted by atomic mass is 32.2. The van der Waals surface area contributed by atoms with Gasteiger partial charge < -0.3 is 10.5 Å². The number of hydrogen-bond donors (Lipinski definition) is 1. The van der Waals surface area contributed by atoms with E-state index >= 15 is 0 Å². The molecule has 88 valence electrons. The number of nitrogens with two attached hydrogens (primary N) is 1. The molecule has 0 saturated heterocycles. The van der Waals surface area contributed by atoms with E-state index in [9.17, 15) is 8.42 Å². The SMILES string of the molecule is COc1ncc2c(c1CN)CCS(=O)(=O)C2. The highest BCUT2D eigenvalue weighted by molar-refractivity contribution is 7.90. The fourth-order valence-electron chi connectivity index (χ4n) is 2.00. The standard InChI is InChI=1S/C10H14N2O3S/c1-15-10-9(4-11)8-2-3-16(13,14)6-7(8)5-12-10/h5H,2-4,6,11H2,1H3. The Morgan fingerprint density at radius 1 is 1.56 bits per heavy atom. The second kappa shape index (κ2) is 4.03. The van der Waals surface area contributed by atoms with Crippen molar-refractivity contribution in [1.82, 2.24) is 4.98 Å². The van der Waals surface area contributed by atoms with Gasteiger partial charge in [-0.3, -0.25) is 0 Å². The molecule has 0 aliphatic carbocycles. The molecule has 1 aliphatic heterocycles. The Labute approximate surface area is 94.5 Å². The second-order valence-corrected chi connectivity index (χ2v) is 5.98. The summed E-state index contributed by atoms with van der Waals surface area (Å²) in [5.74, 6) is 0.743. The molecule has 0 fully saturated rings. The summed E-state index contributed by atoms with van der Waals surface area (Å²) in [7, 11) is -1.43. The molecule has 16 heavy (non-hydrogen) atoms. The van der Waals surface area contributed by atoms with Crippen LogP contribution in [0.3, 0.4) is 0 Å². The van der Waals surface area contributed by atoms with Gasteiger partial charge in [0.1, 0.15) is 0 Å². The van der Waals surface area contributed by atoms with Crippen LogP contribution in [0.5, 0.6) is 5.88 Å². The number of hydrogen-bond acceptors (Lipinski definition) is 5. The summed E-state index contributed by atoms with van der Waals surface area (Å²) in [6, 6.07) is 0. The monoisotopic (exact) mass is 242 g/mol. The number of fused-ring (bicyclic) bond motifs is 1. The van der Waals surface area contributed by atoms with Crippen LogP contribution in [0.2, 0.25) is 0 Å². The van der Waals surface area contributed by atoms with Crippen molar-refractivity contribution in [2.45, 2.75) is 18.7 Å². The first-order valence-electron chi connectivity index (χ1n) is 5.01. The van der Waals surface area contributed by atoms with E-state index in [-0.39, 0.29) is 11.5 Å². The van der Waals surface area contributed by atoms with Crippen LogP contribution in [0.25, 0.3) is 0 Å². The summed E-state index contributed by atoms with van der Waals surface area (Å²) in [5, 5.41) is 0. The van der Waals surface area contributed by atoms with E-state index in [1.807, 2.05) is 0 Å². The Morgan fingerprint density at radius 2 is 2.31 bits per heavy atom. The van der Waals surface area contributed by atoms with Crippen LogP contribution in [-0.4, -0.2) is 26.3 Å². The quantitative estimate of drug-likeness (QED) is 0.790. The maximum absolute atomic E-state index is 11.5. The third-order valence-electron chi connectivity index (χ3n) is 2.78. The zero-order valence-corrected chi connectivity index (χ0v) is 9.88. The van der Waals surface area contributed by atoms with Gasteiger partial charge in [-0.15, -0.1) is 0 Å². The van der Waals surface area contributed by atoms with Crippen molar-refractivity contribution in [3.8, 4) is 5.88 Å². The zero-order chi connectivity index (χ0) is 11.8. The Hall–Kier alpha value is -1.14. The number of aromatic nitrogens is 1. The molecule has 2 N–H and O–H groups in total. The molecule has 2 rings (SSSR count). The molecule has 0 bridgehead atoms. The van der Waals surface area contributed by atoms with Gasteiger partial charge in [-0.25, -0.2) is 13.4 Å². The fourth-order valence-corrected chi connectivity index (χ4v) is 3.39. The van der Waals surface area contributed by atoms with Crippen LogP contribution in [-0.2, 0) is 28.6 Å². The summed E-state index contributed by atoms with van der Waals surface area (Å²) >= 11 is 0. The van der Waals surface area contributed by atoms with Crippen molar-refractivity contribution in [2.24, 2.45) is 5.73 Å². The second-order valence-electron chi connectivity index (χ2n) is 3.80. The zero-order valence-electron chi connectivity index (χ0n) is 9.06. The average molecular weight is 242 g/mol. The maximum atomic E-state index is 11.5. The summed E-state index contributed by atoms with van der Waals surface area (Å²) in [5.41, 5.74) is 8.22. The van der Waals surface area contributed by atoms with E-state index in [1.54, 1.807) is 6.20 Å². The van der Waals surface area contributed by atoms with Crippen LogP contribution >= 0.6 is 0 Å². The number of methoxy groups -OCH3 is 1. The highest BCUT2D eigenvalue weighted by Crippen LogP contribution is 2.28. The van der Waals surface area contributed by atoms with Gasteiger partial charge >= 0.3 is 0 Å². The molecule has 0 atom stereocenters. The van der Waals surface area contributed by atoms with E-state index in [1.165, 1.54) is 7.11 Å². The number of ether oxygens (including phenoxy) is 1. The number of sulfone groups is 1. The normalized spacial score (nSPS) is 17.9. The van der Waals surface area contributed by atoms with E-state index in [4.69, 9.17) is 10.5 Å². The molecule has 1 aliphatic rings. The maximum Gasteiger partial charge on any atom is 0.217 e. The molecule has 0 amide bonds. The Bertz CT molecular complexity index is 511. The molecule has 1 aromatic rings. The Balaban J connectivity index is 2.54. The average Bonchev–Trinajstić information content (AvgIpc) is 2.26. The van der Waals surface area contributed by atoms with Crippen molar-refractivity contribution < 1.29 is 13.2 Å². The Kier molecular flexibility index (Phi) is 2.86. The summed E-state index contributed by atoms with van der Waals surface area (Å²) in [6.07, 6.45) is 2.08. The first-order chi connectivity index (χ1) is 7.57. The predicted octanol–water partition coefficient (Wildman–Crippen LogP) is 0.0198. The summed E-state index contributed by atoms with van der Waals surface area (Å²) in [4.78, 5) is 4.08. The van der Waals surface area contributed by atoms with Gasteiger partial charge in [0.15, 0.2) is 9.84 Å². The van der Waals surface area contributed by atoms with Crippen molar-refractivity contribution in [3.05, 3.63) is 22.9 Å². The lowest BCUT2D eigenvalue weighted by atomic mass is 10.0. The molecular formula is C10H14N2O3S. The largest absolute Gasteiger partial charge is 0.481 e. The van der Waals surface area contributed by atoms with Gasteiger partial charge in [-0.05, 0) is 17.5 Å². The molecule has 0 spiro atoms. The molecule has 0 unspecified atom stereocenters. The molecule has 0 aromatic carbocycles. The van der Waals surface area contributed by atoms with Crippen molar-refractivity contribution in [3.63, 3.8) is 0 Å². The van der Waals surface area contributed by atoms with E-state index in [0.29, 0.717) is 18.8 Å². The minimum atomic E-state index is -2.96. The van der Waals surface area contributed by atoms with Gasteiger partial charge in [0, 0.05) is 18.3 Å². The third kappa shape index (κ3) is 1.90. The van der Waals surface area contributed by atoms with Gasteiger partial charge in [0.25, 0.3) is 0 Å². The Morgan fingerprint density at radius 3 is 2.94 bits per heavy atom. The van der Waals surface area contributed by atoms with Crippen LogP contribution < -0.4 is 10.5 Å². The molecular weight excluding hydrogens is 228 g/mol. The van der Waals surface area contributed by atoms with Crippen molar-refractivity contribution >= 4 is 9.84 Å². The van der Waals surface area contributed by atoms with Crippen LogP contribution in [0.1, 0.15) is 16.7 Å². The summed E-state index contributed by atoms with van der Waals surface area (Å²) in [6.45, 7) is 0.319. The number of pyridine rings is 1. The lowest BCUT2D eigenvalue weighted by molar-refractivity contribution is 0.391. The lowest BCUT2D eigenvalue weighted by Gasteiger charge is -2.20. The molecule has 5 nitrogen and oxygen atoms in total. The van der Waals surface area contributed by atoms with Gasteiger partial charge in [0.05, 0.1) is 18.6 Å². The topological polar surface area (TPSA) is 82.3 Å². The van der Waals surface area contributed by atoms with E-state index in [0.717, 1.165) is 16.7 Å². The number of rotatable bonds is 2. The van der Waals surface area contributed by atoms with Crippen LogP contribution in [0.4, 0.5) is 0 Å². The lowest BCUT2D eigenvalue weighted by Crippen LogP contribution is -2.22. The molecule has 1 aromatic heterocycles. The molecule has 2 heterocycles. The fraction of sp³-hybridized carbons (Fsp3) is 0.500. The predicted molar refractivity (Wildman–Crippen MR) is 59.9 cm³/mol.